The minimum Gasteiger partial charge on any atom is -0.272 e. The zero-order chi connectivity index (χ0) is 16.2. The predicted molar refractivity (Wildman–Crippen MR) is 95.8 cm³/mol. The van der Waals surface area contributed by atoms with E-state index in [1.165, 1.54) is 40.8 Å². The average Bonchev–Trinajstić information content (AvgIpc) is 3.19. The van der Waals surface area contributed by atoms with Crippen molar-refractivity contribution in [2.75, 3.05) is 5.75 Å². The Labute approximate surface area is 151 Å². The van der Waals surface area contributed by atoms with Crippen LogP contribution in [0.25, 0.3) is 10.2 Å². The highest BCUT2D eigenvalue weighted by molar-refractivity contribution is 9.11. The van der Waals surface area contributed by atoms with Crippen molar-refractivity contribution in [2.45, 2.75) is 5.03 Å². The van der Waals surface area contributed by atoms with Gasteiger partial charge in [0, 0.05) is 5.39 Å². The van der Waals surface area contributed by atoms with Crippen molar-refractivity contribution in [3.8, 4) is 0 Å². The molecule has 0 atom stereocenters. The third kappa shape index (κ3) is 4.08. The highest BCUT2D eigenvalue weighted by Gasteiger charge is 2.11. The van der Waals surface area contributed by atoms with Crippen molar-refractivity contribution in [3.63, 3.8) is 0 Å². The number of fused-ring (bicyclic) bond motifs is 1. The van der Waals surface area contributed by atoms with E-state index >= 15 is 0 Å². The van der Waals surface area contributed by atoms with Crippen molar-refractivity contribution in [2.24, 2.45) is 0 Å². The van der Waals surface area contributed by atoms with Crippen LogP contribution in [0.3, 0.4) is 0 Å². The van der Waals surface area contributed by atoms with Crippen LogP contribution in [0.15, 0.2) is 38.7 Å². The largest absolute Gasteiger partial charge is 0.279 e. The number of rotatable bonds is 4. The van der Waals surface area contributed by atoms with Gasteiger partial charge in [0.25, 0.3) is 5.91 Å². The molecule has 3 rings (SSSR count). The van der Waals surface area contributed by atoms with Crippen LogP contribution in [0.5, 0.6) is 0 Å². The van der Waals surface area contributed by atoms with Gasteiger partial charge in [-0.1, -0.05) is 11.8 Å². The van der Waals surface area contributed by atoms with Crippen LogP contribution in [0.2, 0.25) is 0 Å². The summed E-state index contributed by atoms with van der Waals surface area (Å²) in [6.07, 6.45) is 1.48. The fourth-order valence-electron chi connectivity index (χ4n) is 1.68. The Kier molecular flexibility index (Phi) is 5.26. The first-order valence-electron chi connectivity index (χ1n) is 6.29. The van der Waals surface area contributed by atoms with E-state index in [2.05, 4.69) is 36.7 Å². The van der Waals surface area contributed by atoms with Gasteiger partial charge in [-0.2, -0.15) is 0 Å². The van der Waals surface area contributed by atoms with Gasteiger partial charge in [0.2, 0.25) is 5.91 Å². The number of amides is 2. The Balaban J connectivity index is 1.52. The lowest BCUT2D eigenvalue weighted by molar-refractivity contribution is -0.119. The second-order valence-corrected chi connectivity index (χ2v) is 8.53. The summed E-state index contributed by atoms with van der Waals surface area (Å²) in [6.45, 7) is 0. The van der Waals surface area contributed by atoms with Crippen molar-refractivity contribution < 1.29 is 9.59 Å². The number of hydrogen-bond acceptors (Lipinski definition) is 7. The number of carbonyl (C=O) groups is 2. The molecular weight excluding hydrogens is 420 g/mol. The standard InChI is InChI=1S/C13H9BrN4O2S3/c14-9-2-1-8(23-9)11(20)18-17-10(19)5-22-13-7-3-4-21-12(7)15-6-16-13/h1-4,6H,5H2,(H,17,19)(H,18,20). The van der Waals surface area contributed by atoms with Gasteiger partial charge in [0.15, 0.2) is 0 Å². The van der Waals surface area contributed by atoms with E-state index in [4.69, 9.17) is 0 Å². The monoisotopic (exact) mass is 428 g/mol. The number of aromatic nitrogens is 2. The van der Waals surface area contributed by atoms with Gasteiger partial charge in [0.1, 0.15) is 16.2 Å². The van der Waals surface area contributed by atoms with E-state index in [0.717, 1.165) is 19.0 Å². The van der Waals surface area contributed by atoms with Crippen molar-refractivity contribution in [3.05, 3.63) is 38.6 Å². The lowest BCUT2D eigenvalue weighted by atomic mass is 10.4. The van der Waals surface area contributed by atoms with Crippen LogP contribution in [0.1, 0.15) is 9.67 Å². The van der Waals surface area contributed by atoms with Gasteiger partial charge in [-0.05, 0) is 39.5 Å². The summed E-state index contributed by atoms with van der Waals surface area (Å²) in [4.78, 5) is 33.4. The first-order chi connectivity index (χ1) is 11.1. The number of carbonyl (C=O) groups excluding carboxylic acids is 2. The molecule has 23 heavy (non-hydrogen) atoms. The molecular formula is C13H9BrN4O2S3. The second kappa shape index (κ2) is 7.39. The fourth-order valence-corrected chi connectivity index (χ4v) is 4.54. The highest BCUT2D eigenvalue weighted by atomic mass is 79.9. The number of halogens is 1. The quantitative estimate of drug-likeness (QED) is 0.378. The molecule has 0 radical (unpaired) electrons. The maximum atomic E-state index is 11.8. The summed E-state index contributed by atoms with van der Waals surface area (Å²) in [5.41, 5.74) is 4.78. The molecule has 0 spiro atoms. The lowest BCUT2D eigenvalue weighted by Crippen LogP contribution is -2.42. The minimum atomic E-state index is -0.346. The number of hydrazine groups is 1. The van der Waals surface area contributed by atoms with E-state index in [9.17, 15) is 9.59 Å². The third-order valence-electron chi connectivity index (χ3n) is 2.68. The Hall–Kier alpha value is -1.49. The van der Waals surface area contributed by atoms with E-state index in [-0.39, 0.29) is 17.6 Å². The second-order valence-electron chi connectivity index (χ2n) is 4.21. The first kappa shape index (κ1) is 16.4. The Morgan fingerprint density at radius 3 is 2.87 bits per heavy atom. The first-order valence-corrected chi connectivity index (χ1v) is 9.76. The maximum absolute atomic E-state index is 11.8. The van der Waals surface area contributed by atoms with E-state index in [1.54, 1.807) is 12.1 Å². The van der Waals surface area contributed by atoms with Crippen molar-refractivity contribution in [1.82, 2.24) is 20.8 Å². The van der Waals surface area contributed by atoms with Gasteiger partial charge in [-0.25, -0.2) is 9.97 Å². The molecule has 0 aliphatic carbocycles. The number of nitrogens with zero attached hydrogens (tertiary/aromatic N) is 2. The number of nitrogens with one attached hydrogen (secondary N) is 2. The molecule has 3 aromatic rings. The number of thiophene rings is 2. The Morgan fingerprint density at radius 2 is 2.09 bits per heavy atom. The van der Waals surface area contributed by atoms with Crippen LogP contribution in [0.4, 0.5) is 0 Å². The van der Waals surface area contributed by atoms with E-state index in [1.807, 2.05) is 11.4 Å². The lowest BCUT2D eigenvalue weighted by Gasteiger charge is -2.06. The molecule has 3 heterocycles. The minimum absolute atomic E-state index is 0.149. The average molecular weight is 429 g/mol. The summed E-state index contributed by atoms with van der Waals surface area (Å²) in [6, 6.07) is 5.38. The van der Waals surface area contributed by atoms with Crippen LogP contribution >= 0.6 is 50.4 Å². The highest BCUT2D eigenvalue weighted by Crippen LogP contribution is 2.27. The van der Waals surface area contributed by atoms with E-state index in [0.29, 0.717) is 4.88 Å². The van der Waals surface area contributed by atoms with Gasteiger partial charge in [-0.15, -0.1) is 22.7 Å². The number of thioether (sulfide) groups is 1. The molecule has 10 heteroatoms. The van der Waals surface area contributed by atoms with Crippen LogP contribution in [-0.4, -0.2) is 27.5 Å². The summed E-state index contributed by atoms with van der Waals surface area (Å²) in [5, 5.41) is 3.62. The van der Waals surface area contributed by atoms with Gasteiger partial charge in [0.05, 0.1) is 14.4 Å². The van der Waals surface area contributed by atoms with Gasteiger partial charge < -0.3 is 0 Å². The molecule has 118 valence electrons. The Morgan fingerprint density at radius 1 is 1.22 bits per heavy atom. The third-order valence-corrected chi connectivity index (χ3v) is 6.13. The molecule has 0 unspecified atom stereocenters. The molecule has 0 saturated heterocycles. The summed E-state index contributed by atoms with van der Waals surface area (Å²) < 4.78 is 0.855. The van der Waals surface area contributed by atoms with Gasteiger partial charge in [-0.3, -0.25) is 20.4 Å². The van der Waals surface area contributed by atoms with Crippen LogP contribution < -0.4 is 10.9 Å². The molecule has 6 nitrogen and oxygen atoms in total. The molecule has 2 N–H and O–H groups in total. The van der Waals surface area contributed by atoms with Crippen molar-refractivity contribution in [1.29, 1.82) is 0 Å². The molecule has 3 aromatic heterocycles. The molecule has 0 saturated carbocycles. The molecule has 0 aromatic carbocycles. The topological polar surface area (TPSA) is 84.0 Å². The van der Waals surface area contributed by atoms with Crippen molar-refractivity contribution >= 4 is 72.4 Å². The zero-order valence-electron chi connectivity index (χ0n) is 11.4. The Bertz CT molecular complexity index is 864. The molecule has 0 fully saturated rings. The summed E-state index contributed by atoms with van der Waals surface area (Å²) in [7, 11) is 0. The zero-order valence-corrected chi connectivity index (χ0v) is 15.4. The predicted octanol–water partition coefficient (Wildman–Crippen LogP) is 3.07. The summed E-state index contributed by atoms with van der Waals surface area (Å²) in [5.74, 6) is -0.501. The normalized spacial score (nSPS) is 10.7. The molecule has 0 aliphatic heterocycles. The van der Waals surface area contributed by atoms with E-state index < -0.39 is 0 Å². The smallest absolute Gasteiger partial charge is 0.272 e. The SMILES string of the molecule is O=C(CSc1ncnc2sccc12)NNC(=O)c1ccc(Br)s1. The van der Waals surface area contributed by atoms with Crippen LogP contribution in [-0.2, 0) is 4.79 Å². The molecule has 0 bridgehead atoms. The fraction of sp³-hybridized carbons (Fsp3) is 0.0769. The summed E-state index contributed by atoms with van der Waals surface area (Å²) >= 11 is 7.40. The van der Waals surface area contributed by atoms with Gasteiger partial charge >= 0.3 is 0 Å². The molecule has 0 aliphatic rings. The molecule has 2 amide bonds. The maximum Gasteiger partial charge on any atom is 0.279 e. The number of hydrogen-bond donors (Lipinski definition) is 2. The van der Waals surface area contributed by atoms with Crippen LogP contribution in [0, 0.1) is 0 Å².